The summed E-state index contributed by atoms with van der Waals surface area (Å²) in [7, 11) is 0. The van der Waals surface area contributed by atoms with Crippen molar-refractivity contribution in [3.63, 3.8) is 0 Å². The molecule has 3 radical (unpaired) electrons. The van der Waals surface area contributed by atoms with Gasteiger partial charge >= 0.3 is 140 Å². The Hall–Kier alpha value is 0.399. The van der Waals surface area contributed by atoms with Gasteiger partial charge in [-0.2, -0.15) is 0 Å². The summed E-state index contributed by atoms with van der Waals surface area (Å²) in [6, 6.07) is 11.4. The van der Waals surface area contributed by atoms with E-state index in [1.54, 1.807) is 0 Å². The van der Waals surface area contributed by atoms with Crippen LogP contribution in [0.3, 0.4) is 0 Å². The Bertz CT molecular complexity index is 532. The zero-order chi connectivity index (χ0) is 13.3. The summed E-state index contributed by atoms with van der Waals surface area (Å²) in [5, 5.41) is 2.28. The molecule has 0 spiro atoms. The minimum atomic E-state index is 0.265. The van der Waals surface area contributed by atoms with Gasteiger partial charge in [0.1, 0.15) is 0 Å². The number of benzene rings is 2. The summed E-state index contributed by atoms with van der Waals surface area (Å²) in [6.45, 7) is 0. The van der Waals surface area contributed by atoms with Crippen molar-refractivity contribution in [1.82, 2.24) is 0 Å². The van der Waals surface area contributed by atoms with E-state index in [0.29, 0.717) is 20.1 Å². The second kappa shape index (κ2) is 6.23. The number of hydrogen-bond donors (Lipinski definition) is 0. The fourth-order valence-corrected chi connectivity index (χ4v) is 3.21. The fraction of sp³-hybridized carbons (Fsp3) is 0.0769. The van der Waals surface area contributed by atoms with Crippen LogP contribution in [-0.4, -0.2) is 22.5 Å². The summed E-state index contributed by atoms with van der Waals surface area (Å²) < 4.78 is 0.265. The molecular weight excluding hydrogens is 417 g/mol. The van der Waals surface area contributed by atoms with E-state index in [-0.39, 0.29) is 3.93 Å². The van der Waals surface area contributed by atoms with Gasteiger partial charge in [0.2, 0.25) is 0 Å². The first-order valence-corrected chi connectivity index (χ1v) is 8.26. The molecule has 2 aromatic carbocycles. The number of rotatable bonds is 2. The third kappa shape index (κ3) is 3.29. The van der Waals surface area contributed by atoms with Gasteiger partial charge in [0.05, 0.1) is 0 Å². The molecule has 0 aliphatic carbocycles. The predicted octanol–water partition coefficient (Wildman–Crippen LogP) is 5.56. The Kier molecular flexibility index (Phi) is 5.12. The van der Waals surface area contributed by atoms with Gasteiger partial charge in [-0.05, 0) is 0 Å². The maximum absolute atomic E-state index is 6.03. The second-order valence-electron chi connectivity index (χ2n) is 3.78. The fourth-order valence-electron chi connectivity index (χ4n) is 1.58. The predicted molar refractivity (Wildman–Crippen MR) is 80.5 cm³/mol. The summed E-state index contributed by atoms with van der Waals surface area (Å²) in [5.41, 5.74) is 2.25. The molecule has 0 N–H and O–H groups in total. The quantitative estimate of drug-likeness (QED) is 0.555. The van der Waals surface area contributed by atoms with Crippen LogP contribution in [0.2, 0.25) is 20.1 Å². The molecule has 2 aromatic rings. The first-order valence-electron chi connectivity index (χ1n) is 5.10. The molecule has 0 saturated carbocycles. The molecule has 0 heterocycles. The van der Waals surface area contributed by atoms with Gasteiger partial charge < -0.3 is 0 Å². The number of hydrogen-bond acceptors (Lipinski definition) is 0. The molecule has 0 saturated heterocycles. The summed E-state index contributed by atoms with van der Waals surface area (Å²) in [5.74, 6) is 0. The molecular formula is C13H7Cl4Sn. The van der Waals surface area contributed by atoms with Crippen LogP contribution in [0, 0.1) is 0 Å². The van der Waals surface area contributed by atoms with E-state index in [4.69, 9.17) is 46.4 Å². The van der Waals surface area contributed by atoms with Crippen LogP contribution in [0.25, 0.3) is 0 Å². The summed E-state index contributed by atoms with van der Waals surface area (Å²) in [4.78, 5) is 0. The Morgan fingerprint density at radius 3 is 1.39 bits per heavy atom. The minimum absolute atomic E-state index is 0.265. The second-order valence-corrected chi connectivity index (χ2v) is 7.06. The molecule has 18 heavy (non-hydrogen) atoms. The van der Waals surface area contributed by atoms with Gasteiger partial charge in [-0.1, -0.05) is 0 Å². The van der Waals surface area contributed by atoms with E-state index < -0.39 is 0 Å². The van der Waals surface area contributed by atoms with Gasteiger partial charge in [0, 0.05) is 0 Å². The Morgan fingerprint density at radius 1 is 0.667 bits per heavy atom. The van der Waals surface area contributed by atoms with Gasteiger partial charge in [-0.3, -0.25) is 0 Å². The van der Waals surface area contributed by atoms with E-state index in [1.807, 2.05) is 36.4 Å². The molecule has 0 aliphatic heterocycles. The number of halogens is 4. The molecule has 2 rings (SSSR count). The van der Waals surface area contributed by atoms with Crippen LogP contribution < -0.4 is 0 Å². The molecule has 0 fully saturated rings. The van der Waals surface area contributed by atoms with Gasteiger partial charge in [-0.15, -0.1) is 0 Å². The van der Waals surface area contributed by atoms with Crippen molar-refractivity contribution in [1.29, 1.82) is 0 Å². The molecule has 91 valence electrons. The standard InChI is InChI=1S/C13H7Cl4.Sn/c14-10-3-1-8(6-12(10)16)5-9-2-4-11(15)13(17)7-9;/h1-7H;. The Balaban J connectivity index is 2.37. The van der Waals surface area contributed by atoms with Crippen LogP contribution in [0.15, 0.2) is 36.4 Å². The van der Waals surface area contributed by atoms with E-state index >= 15 is 0 Å². The monoisotopic (exact) mass is 423 g/mol. The van der Waals surface area contributed by atoms with Crippen molar-refractivity contribution in [3.8, 4) is 0 Å². The van der Waals surface area contributed by atoms with Crippen molar-refractivity contribution in [2.75, 3.05) is 0 Å². The van der Waals surface area contributed by atoms with Crippen LogP contribution in [0.1, 0.15) is 15.1 Å². The molecule has 0 amide bonds. The van der Waals surface area contributed by atoms with E-state index in [9.17, 15) is 0 Å². The zero-order valence-electron chi connectivity index (χ0n) is 9.05. The molecule has 0 nitrogen and oxygen atoms in total. The topological polar surface area (TPSA) is 0 Å². The van der Waals surface area contributed by atoms with E-state index in [0.717, 1.165) is 11.1 Å². The van der Waals surface area contributed by atoms with Crippen molar-refractivity contribution in [2.24, 2.45) is 0 Å². The molecule has 0 aliphatic rings. The molecule has 0 aromatic heterocycles. The Labute approximate surface area is 139 Å². The van der Waals surface area contributed by atoms with Crippen molar-refractivity contribution >= 4 is 68.9 Å². The molecule has 0 bridgehead atoms. The first kappa shape index (κ1) is 14.8. The van der Waals surface area contributed by atoms with Crippen molar-refractivity contribution in [2.45, 2.75) is 3.93 Å². The normalized spacial score (nSPS) is 11.0. The summed E-state index contributed by atoms with van der Waals surface area (Å²) in [6.07, 6.45) is 0. The van der Waals surface area contributed by atoms with Crippen molar-refractivity contribution in [3.05, 3.63) is 67.6 Å². The summed E-state index contributed by atoms with van der Waals surface area (Å²) >= 11 is 25.2. The molecule has 0 atom stereocenters. The average molecular weight is 424 g/mol. The van der Waals surface area contributed by atoms with E-state index in [1.165, 1.54) is 22.5 Å². The van der Waals surface area contributed by atoms with Crippen LogP contribution >= 0.6 is 46.4 Å². The molecule has 5 heteroatoms. The third-order valence-electron chi connectivity index (χ3n) is 2.55. The average Bonchev–Trinajstić information content (AvgIpc) is 2.35. The molecule has 0 unspecified atom stereocenters. The van der Waals surface area contributed by atoms with E-state index in [2.05, 4.69) is 0 Å². The van der Waals surface area contributed by atoms with Gasteiger partial charge in [0.25, 0.3) is 0 Å². The van der Waals surface area contributed by atoms with Crippen LogP contribution in [-0.2, 0) is 0 Å². The SMILES string of the molecule is Clc1ccc([CH]([Sn])c2ccc(Cl)c(Cl)c2)cc1Cl. The third-order valence-corrected chi connectivity index (χ3v) is 5.93. The first-order chi connectivity index (χ1) is 8.49. The Morgan fingerprint density at radius 2 is 1.06 bits per heavy atom. The van der Waals surface area contributed by atoms with Crippen LogP contribution in [0.5, 0.6) is 0 Å². The van der Waals surface area contributed by atoms with Crippen molar-refractivity contribution < 1.29 is 0 Å². The van der Waals surface area contributed by atoms with Crippen LogP contribution in [0.4, 0.5) is 0 Å². The maximum atomic E-state index is 6.03. The zero-order valence-corrected chi connectivity index (χ0v) is 14.9. The van der Waals surface area contributed by atoms with Gasteiger partial charge in [-0.25, -0.2) is 0 Å². The van der Waals surface area contributed by atoms with Gasteiger partial charge in [0.15, 0.2) is 0 Å².